The molecule has 0 bridgehead atoms. The Morgan fingerprint density at radius 2 is 0.721 bits per heavy atom. The first-order chi connectivity index (χ1) is 53.7. The number of furan rings is 2. The van der Waals surface area contributed by atoms with Gasteiger partial charge in [0.05, 0.1) is 5.69 Å². The van der Waals surface area contributed by atoms with Crippen molar-refractivity contribution >= 4 is 60.9 Å². The molecule has 13 aromatic carbocycles. The molecule has 0 aliphatic heterocycles. The minimum absolute atomic E-state index is 0.0455. The fraction of sp³-hybridized carbons (Fsp3) is 0.278. The second-order valence-electron chi connectivity index (χ2n) is 35.9. The Labute approximate surface area is 656 Å². The number of hydrogen-bond acceptors (Lipinski definition) is 3. The molecule has 3 heteroatoms. The van der Waals surface area contributed by atoms with E-state index in [1.807, 2.05) is 0 Å². The molecule has 5 aliphatic rings. The van der Waals surface area contributed by atoms with Crippen LogP contribution in [-0.2, 0) is 27.1 Å². The highest BCUT2D eigenvalue weighted by molar-refractivity contribution is 6.19. The minimum atomic E-state index is -0.372. The summed E-state index contributed by atoms with van der Waals surface area (Å²) in [4.78, 5) is 2.57. The molecule has 20 rings (SSSR count). The average Bonchev–Trinajstić information content (AvgIpc) is 1.53. The molecular formula is C108H101NO2. The number of nitrogens with zero attached hydrogens (tertiary/aromatic N) is 1. The lowest BCUT2D eigenvalue weighted by Gasteiger charge is -2.33. The number of unbranched alkanes of at least 4 members (excludes halogenated alkanes) is 8. The van der Waals surface area contributed by atoms with Crippen molar-refractivity contribution in [3.8, 4) is 89.0 Å². The van der Waals surface area contributed by atoms with Crippen molar-refractivity contribution in [3.05, 3.63) is 303 Å². The molecule has 111 heavy (non-hydrogen) atoms. The van der Waals surface area contributed by atoms with Gasteiger partial charge in [0.2, 0.25) is 0 Å². The lowest BCUT2D eigenvalue weighted by molar-refractivity contribution is 0.399. The second kappa shape index (κ2) is 25.4. The van der Waals surface area contributed by atoms with E-state index in [-0.39, 0.29) is 27.1 Å². The van der Waals surface area contributed by atoms with Crippen LogP contribution < -0.4 is 4.90 Å². The van der Waals surface area contributed by atoms with E-state index >= 15 is 0 Å². The molecule has 2 heterocycles. The zero-order valence-electron chi connectivity index (χ0n) is 67.2. The van der Waals surface area contributed by atoms with Gasteiger partial charge < -0.3 is 13.7 Å². The Hall–Kier alpha value is -10.7. The normalized spacial score (nSPS) is 15.5. The van der Waals surface area contributed by atoms with E-state index < -0.39 is 0 Å². The van der Waals surface area contributed by atoms with Gasteiger partial charge in [-0.3, -0.25) is 0 Å². The summed E-state index contributed by atoms with van der Waals surface area (Å²) in [6.45, 7) is 31.0. The summed E-state index contributed by atoms with van der Waals surface area (Å²) in [5.74, 6) is 0. The SMILES string of the molecule is CCCCCCCC1(CCCCCCC)c2ccccc2-c2ccc(-c3ccc4c(c3)C(C)(C)c3cc(-c5ccc(-c6cc7c(c8c6oc6ccccc68)-c6ccc(N(c8ccc9c(c8)C(C)(C)c8cc%10c(cc8-9)C(C)(C)c8ccc9oc%11ccccc%11c9c8-%10)c8c(C)cc(C)cc8C)cc6C7(C)C)cc5)ccc3-4)cc21. The molecule has 0 spiro atoms. The van der Waals surface area contributed by atoms with Crippen molar-refractivity contribution in [2.24, 2.45) is 0 Å². The number of benzene rings is 13. The van der Waals surface area contributed by atoms with Crippen LogP contribution in [0.3, 0.4) is 0 Å². The highest BCUT2D eigenvalue weighted by atomic mass is 16.3. The largest absolute Gasteiger partial charge is 0.456 e. The van der Waals surface area contributed by atoms with Crippen LogP contribution in [0.15, 0.2) is 239 Å². The number of anilines is 3. The highest BCUT2D eigenvalue weighted by Gasteiger charge is 2.47. The number of fused-ring (bicyclic) bond motifs is 23. The van der Waals surface area contributed by atoms with Crippen LogP contribution in [0.4, 0.5) is 17.1 Å². The third kappa shape index (κ3) is 10.3. The van der Waals surface area contributed by atoms with Crippen molar-refractivity contribution < 1.29 is 8.83 Å². The maximum atomic E-state index is 7.15. The smallest absolute Gasteiger partial charge is 0.143 e. The Morgan fingerprint density at radius 3 is 1.36 bits per heavy atom. The molecule has 5 aliphatic carbocycles. The van der Waals surface area contributed by atoms with E-state index in [2.05, 4.69) is 325 Å². The molecule has 0 radical (unpaired) electrons. The molecule has 2 aromatic heterocycles. The maximum absolute atomic E-state index is 7.15. The van der Waals surface area contributed by atoms with E-state index in [0.29, 0.717) is 0 Å². The van der Waals surface area contributed by atoms with Crippen LogP contribution in [0.1, 0.15) is 219 Å². The van der Waals surface area contributed by atoms with Gasteiger partial charge in [0.25, 0.3) is 0 Å². The molecular weight excluding hydrogens is 1340 g/mol. The van der Waals surface area contributed by atoms with Crippen LogP contribution >= 0.6 is 0 Å². The highest BCUT2D eigenvalue weighted by Crippen LogP contribution is 2.62. The molecule has 0 saturated heterocycles. The topological polar surface area (TPSA) is 29.5 Å². The Kier molecular flexibility index (Phi) is 15.9. The van der Waals surface area contributed by atoms with E-state index in [1.165, 1.54) is 238 Å². The van der Waals surface area contributed by atoms with E-state index in [4.69, 9.17) is 8.83 Å². The van der Waals surface area contributed by atoms with Gasteiger partial charge >= 0.3 is 0 Å². The van der Waals surface area contributed by atoms with Crippen LogP contribution in [0.2, 0.25) is 0 Å². The van der Waals surface area contributed by atoms with Crippen LogP contribution in [0.5, 0.6) is 0 Å². The minimum Gasteiger partial charge on any atom is -0.456 e. The molecule has 15 aromatic rings. The summed E-state index contributed by atoms with van der Waals surface area (Å²) in [5.41, 5.74) is 44.8. The Morgan fingerprint density at radius 1 is 0.288 bits per heavy atom. The van der Waals surface area contributed by atoms with Gasteiger partial charge in [0, 0.05) is 65.6 Å². The Bertz CT molecular complexity index is 6370. The summed E-state index contributed by atoms with van der Waals surface area (Å²) in [7, 11) is 0. The summed E-state index contributed by atoms with van der Waals surface area (Å²) in [5, 5.41) is 4.73. The number of para-hydroxylation sites is 2. The van der Waals surface area contributed by atoms with Gasteiger partial charge in [-0.1, -0.05) is 291 Å². The van der Waals surface area contributed by atoms with Crippen molar-refractivity contribution in [1.29, 1.82) is 0 Å². The van der Waals surface area contributed by atoms with E-state index in [0.717, 1.165) is 50.2 Å². The molecule has 3 nitrogen and oxygen atoms in total. The maximum Gasteiger partial charge on any atom is 0.143 e. The van der Waals surface area contributed by atoms with Crippen LogP contribution in [0.25, 0.3) is 133 Å². The fourth-order valence-electron chi connectivity index (χ4n) is 22.1. The van der Waals surface area contributed by atoms with Crippen molar-refractivity contribution in [2.75, 3.05) is 4.90 Å². The van der Waals surface area contributed by atoms with Gasteiger partial charge in [-0.15, -0.1) is 0 Å². The lowest BCUT2D eigenvalue weighted by atomic mass is 9.70. The zero-order valence-corrected chi connectivity index (χ0v) is 67.2. The standard InChI is InChI=1S/C108H101NO2/c1-14-16-18-20-28-52-108(53-29-21-19-17-15-2)85-33-25-22-30-74(85)77-47-42-71(58-93(77)108)70-41-46-76-75-45-40-69(56-87(75)105(8,9)88(76)57-70)67-36-38-68(39-37-67)82-61-94-98(101-81-32-24-27-35-96(81)111-103(82)101)79-49-44-73(60-90(79)107(94,12)13)109(102-65(4)54-64(3)55-66(102)5)72-43-48-78-83-62-92-84(63-91(83)106(10,11)89(78)59-72)99-86(104(92,6)7)50-51-97-100(99)80-31-23-26-34-95(80)110-97/h22-27,30-51,54-63H,14-21,28-29,52-53H2,1-13H3. The zero-order chi connectivity index (χ0) is 75.9. The summed E-state index contributed by atoms with van der Waals surface area (Å²) in [6, 6.07) is 89.7. The lowest BCUT2D eigenvalue weighted by Crippen LogP contribution is -2.25. The first-order valence-corrected chi connectivity index (χ1v) is 41.6. The van der Waals surface area contributed by atoms with Gasteiger partial charge in [0.15, 0.2) is 0 Å². The number of rotatable bonds is 18. The van der Waals surface area contributed by atoms with Crippen molar-refractivity contribution in [2.45, 2.75) is 194 Å². The van der Waals surface area contributed by atoms with E-state index in [9.17, 15) is 0 Å². The molecule has 0 atom stereocenters. The molecule has 0 N–H and O–H groups in total. The van der Waals surface area contributed by atoms with Crippen LogP contribution in [0, 0.1) is 20.8 Å². The third-order valence-electron chi connectivity index (χ3n) is 27.8. The summed E-state index contributed by atoms with van der Waals surface area (Å²) in [6.07, 6.45) is 15.5. The molecule has 0 saturated carbocycles. The summed E-state index contributed by atoms with van der Waals surface area (Å²) >= 11 is 0. The molecule has 0 amide bonds. The monoisotopic (exact) mass is 1440 g/mol. The predicted octanol–water partition coefficient (Wildman–Crippen LogP) is 31.1. The van der Waals surface area contributed by atoms with Gasteiger partial charge in [-0.05, 0) is 263 Å². The van der Waals surface area contributed by atoms with Gasteiger partial charge in [-0.2, -0.15) is 0 Å². The van der Waals surface area contributed by atoms with Gasteiger partial charge in [-0.25, -0.2) is 0 Å². The predicted molar refractivity (Wildman–Crippen MR) is 469 cm³/mol. The second-order valence-corrected chi connectivity index (χ2v) is 35.9. The number of aryl methyl sites for hydroxylation is 3. The van der Waals surface area contributed by atoms with Gasteiger partial charge in [0.1, 0.15) is 22.3 Å². The van der Waals surface area contributed by atoms with Crippen LogP contribution in [-0.4, -0.2) is 0 Å². The van der Waals surface area contributed by atoms with Crippen molar-refractivity contribution in [3.63, 3.8) is 0 Å². The first-order valence-electron chi connectivity index (χ1n) is 41.6. The quantitative estimate of drug-likeness (QED) is 0.0802. The van der Waals surface area contributed by atoms with Crippen molar-refractivity contribution in [1.82, 2.24) is 0 Å². The average molecular weight is 1450 g/mol. The molecule has 0 unspecified atom stereocenters. The molecule has 550 valence electrons. The third-order valence-corrected chi connectivity index (χ3v) is 27.8. The van der Waals surface area contributed by atoms with E-state index in [1.54, 1.807) is 11.1 Å². The fourth-order valence-corrected chi connectivity index (χ4v) is 22.1. The number of hydrogen-bond donors (Lipinski definition) is 0. The molecule has 0 fully saturated rings. The summed E-state index contributed by atoms with van der Waals surface area (Å²) < 4.78 is 13.7. The first kappa shape index (κ1) is 69.5. The Balaban J connectivity index is 0.629.